The lowest BCUT2D eigenvalue weighted by atomic mass is 9.97. The topological polar surface area (TPSA) is 45.2 Å². The summed E-state index contributed by atoms with van der Waals surface area (Å²) in [5.74, 6) is 0.0763. The molecular weight excluding hydrogens is 262 g/mol. The third-order valence-corrected chi connectivity index (χ3v) is 3.84. The Balaban J connectivity index is 1.82. The predicted molar refractivity (Wildman–Crippen MR) is 83.3 cm³/mol. The first-order chi connectivity index (χ1) is 10.3. The summed E-state index contributed by atoms with van der Waals surface area (Å²) < 4.78 is 0. The van der Waals surface area contributed by atoms with E-state index < -0.39 is 0 Å². The van der Waals surface area contributed by atoms with Crippen LogP contribution in [0.3, 0.4) is 0 Å². The van der Waals surface area contributed by atoms with Crippen molar-refractivity contribution in [3.05, 3.63) is 59.4 Å². The Hall–Kier alpha value is -2.36. The molecule has 0 radical (unpaired) electrons. The Morgan fingerprint density at radius 1 is 1.29 bits per heavy atom. The molecule has 0 saturated carbocycles. The van der Waals surface area contributed by atoms with Crippen LogP contribution in [0.1, 0.15) is 27.9 Å². The lowest BCUT2D eigenvalue weighted by Crippen LogP contribution is -2.28. The molecular formula is C17H19N3O. The minimum absolute atomic E-state index is 0.0763. The van der Waals surface area contributed by atoms with Gasteiger partial charge in [0.15, 0.2) is 0 Å². The number of amides is 1. The number of carbonyl (C=O) groups excluding carboxylic acids is 1. The number of benzene rings is 1. The van der Waals surface area contributed by atoms with Crippen LogP contribution >= 0.6 is 0 Å². The van der Waals surface area contributed by atoms with E-state index in [2.05, 4.69) is 10.3 Å². The zero-order valence-corrected chi connectivity index (χ0v) is 12.2. The fraction of sp³-hybridized carbons (Fsp3) is 0.294. The van der Waals surface area contributed by atoms with Gasteiger partial charge in [0.05, 0.1) is 0 Å². The van der Waals surface area contributed by atoms with Gasteiger partial charge in [-0.2, -0.15) is 0 Å². The molecule has 1 aromatic heterocycles. The van der Waals surface area contributed by atoms with E-state index in [9.17, 15) is 4.79 Å². The number of hydrogen-bond acceptors (Lipinski definition) is 3. The molecule has 0 bridgehead atoms. The summed E-state index contributed by atoms with van der Waals surface area (Å²) in [6.07, 6.45) is 5.54. The van der Waals surface area contributed by atoms with Crippen molar-refractivity contribution in [1.29, 1.82) is 0 Å². The van der Waals surface area contributed by atoms with Crippen LogP contribution in [0, 0.1) is 0 Å². The molecule has 3 rings (SSSR count). The van der Waals surface area contributed by atoms with Crippen LogP contribution in [0.15, 0.2) is 42.7 Å². The summed E-state index contributed by atoms with van der Waals surface area (Å²) in [4.78, 5) is 18.5. The second-order valence-electron chi connectivity index (χ2n) is 5.38. The molecule has 1 aliphatic rings. The average molecular weight is 281 g/mol. The predicted octanol–water partition coefficient (Wildman–Crippen LogP) is 2.71. The highest BCUT2D eigenvalue weighted by Gasteiger charge is 2.19. The lowest BCUT2D eigenvalue weighted by Gasteiger charge is -2.23. The number of pyridine rings is 1. The van der Waals surface area contributed by atoms with Crippen molar-refractivity contribution >= 4 is 11.6 Å². The van der Waals surface area contributed by atoms with Gasteiger partial charge >= 0.3 is 0 Å². The van der Waals surface area contributed by atoms with Crippen molar-refractivity contribution in [2.24, 2.45) is 0 Å². The number of hydrogen-bond donors (Lipinski definition) is 1. The molecule has 108 valence electrons. The Morgan fingerprint density at radius 3 is 2.90 bits per heavy atom. The van der Waals surface area contributed by atoms with Crippen LogP contribution in [-0.2, 0) is 13.0 Å². The van der Waals surface area contributed by atoms with Gasteiger partial charge in [0.2, 0.25) is 0 Å². The largest absolute Gasteiger partial charge is 0.385 e. The van der Waals surface area contributed by atoms with E-state index >= 15 is 0 Å². The van der Waals surface area contributed by atoms with Gasteiger partial charge in [-0.15, -0.1) is 0 Å². The summed E-state index contributed by atoms with van der Waals surface area (Å²) in [6, 6.07) is 9.80. The van der Waals surface area contributed by atoms with Gasteiger partial charge in [-0.1, -0.05) is 6.07 Å². The lowest BCUT2D eigenvalue weighted by molar-refractivity contribution is 0.0784. The second-order valence-corrected chi connectivity index (χ2v) is 5.38. The summed E-state index contributed by atoms with van der Waals surface area (Å²) >= 11 is 0. The Bertz CT molecular complexity index is 640. The highest BCUT2D eigenvalue weighted by atomic mass is 16.2. The summed E-state index contributed by atoms with van der Waals surface area (Å²) in [5.41, 5.74) is 4.15. The van der Waals surface area contributed by atoms with Crippen molar-refractivity contribution in [3.8, 4) is 0 Å². The van der Waals surface area contributed by atoms with Crippen LogP contribution < -0.4 is 5.32 Å². The normalized spacial score (nSPS) is 13.2. The molecule has 2 heterocycles. The zero-order valence-electron chi connectivity index (χ0n) is 12.2. The van der Waals surface area contributed by atoms with Crippen molar-refractivity contribution in [2.75, 3.05) is 18.9 Å². The van der Waals surface area contributed by atoms with Crippen molar-refractivity contribution < 1.29 is 4.79 Å². The number of nitrogens with one attached hydrogen (secondary N) is 1. The average Bonchev–Trinajstić information content (AvgIpc) is 2.54. The SMILES string of the molecule is CN(Cc1ccncc1)C(=O)c1cccc2c1CCCN2. The van der Waals surface area contributed by atoms with Gasteiger partial charge in [0.1, 0.15) is 0 Å². The highest BCUT2D eigenvalue weighted by Crippen LogP contribution is 2.26. The molecule has 0 aliphatic carbocycles. The van der Waals surface area contributed by atoms with E-state index in [0.717, 1.165) is 41.8 Å². The maximum atomic E-state index is 12.7. The summed E-state index contributed by atoms with van der Waals surface area (Å²) in [7, 11) is 1.85. The molecule has 1 aliphatic heterocycles. The maximum Gasteiger partial charge on any atom is 0.254 e. The maximum absolute atomic E-state index is 12.7. The van der Waals surface area contributed by atoms with E-state index in [-0.39, 0.29) is 5.91 Å². The monoisotopic (exact) mass is 281 g/mol. The molecule has 0 atom stereocenters. The number of aromatic nitrogens is 1. The van der Waals surface area contributed by atoms with Crippen molar-refractivity contribution in [3.63, 3.8) is 0 Å². The zero-order chi connectivity index (χ0) is 14.7. The first-order valence-corrected chi connectivity index (χ1v) is 7.26. The van der Waals surface area contributed by atoms with Gasteiger partial charge in [-0.25, -0.2) is 0 Å². The summed E-state index contributed by atoms with van der Waals surface area (Å²) in [5, 5.41) is 3.37. The third-order valence-electron chi connectivity index (χ3n) is 3.84. The molecule has 1 amide bonds. The highest BCUT2D eigenvalue weighted by molar-refractivity contribution is 5.97. The number of rotatable bonds is 3. The van der Waals surface area contributed by atoms with Crippen molar-refractivity contribution in [1.82, 2.24) is 9.88 Å². The Kier molecular flexibility index (Phi) is 3.86. The van der Waals surface area contributed by atoms with E-state index in [1.807, 2.05) is 37.4 Å². The fourth-order valence-electron chi connectivity index (χ4n) is 2.75. The van der Waals surface area contributed by atoms with Crippen LogP contribution in [0.5, 0.6) is 0 Å². The number of nitrogens with zero attached hydrogens (tertiary/aromatic N) is 2. The molecule has 21 heavy (non-hydrogen) atoms. The molecule has 2 aromatic rings. The quantitative estimate of drug-likeness (QED) is 0.941. The Labute approximate surface area is 124 Å². The van der Waals surface area contributed by atoms with E-state index in [4.69, 9.17) is 0 Å². The van der Waals surface area contributed by atoms with E-state index in [1.165, 1.54) is 0 Å². The fourth-order valence-corrected chi connectivity index (χ4v) is 2.75. The Morgan fingerprint density at radius 2 is 2.10 bits per heavy atom. The van der Waals surface area contributed by atoms with Crippen LogP contribution in [0.25, 0.3) is 0 Å². The van der Waals surface area contributed by atoms with Crippen LogP contribution in [-0.4, -0.2) is 29.4 Å². The third kappa shape index (κ3) is 2.89. The molecule has 4 heteroatoms. The van der Waals surface area contributed by atoms with Gasteiger partial charge in [-0.3, -0.25) is 9.78 Å². The minimum atomic E-state index is 0.0763. The standard InChI is InChI=1S/C17H19N3O/c1-20(12-13-7-10-18-11-8-13)17(21)15-4-2-6-16-14(15)5-3-9-19-16/h2,4,6-8,10-11,19H,3,5,9,12H2,1H3. The smallest absolute Gasteiger partial charge is 0.254 e. The van der Waals surface area contributed by atoms with Gasteiger partial charge in [-0.05, 0) is 48.2 Å². The first kappa shape index (κ1) is 13.6. The van der Waals surface area contributed by atoms with E-state index in [0.29, 0.717) is 6.54 Å². The number of anilines is 1. The molecule has 0 unspecified atom stereocenters. The van der Waals surface area contributed by atoms with Crippen LogP contribution in [0.2, 0.25) is 0 Å². The minimum Gasteiger partial charge on any atom is -0.385 e. The summed E-state index contributed by atoms with van der Waals surface area (Å²) in [6.45, 7) is 1.58. The molecule has 4 nitrogen and oxygen atoms in total. The second kappa shape index (κ2) is 5.95. The molecule has 0 spiro atoms. The molecule has 1 aromatic carbocycles. The van der Waals surface area contributed by atoms with Gasteiger partial charge in [0.25, 0.3) is 5.91 Å². The number of fused-ring (bicyclic) bond motifs is 1. The van der Waals surface area contributed by atoms with Gasteiger partial charge in [0, 0.05) is 43.8 Å². The van der Waals surface area contributed by atoms with Crippen LogP contribution in [0.4, 0.5) is 5.69 Å². The molecule has 1 N–H and O–H groups in total. The number of carbonyl (C=O) groups is 1. The first-order valence-electron chi connectivity index (χ1n) is 7.26. The molecule has 0 saturated heterocycles. The van der Waals surface area contributed by atoms with Crippen molar-refractivity contribution in [2.45, 2.75) is 19.4 Å². The molecule has 0 fully saturated rings. The van der Waals surface area contributed by atoms with E-state index in [1.54, 1.807) is 17.3 Å². The van der Waals surface area contributed by atoms with Gasteiger partial charge < -0.3 is 10.2 Å².